The minimum Gasteiger partial charge on any atom is -0.228 e. The summed E-state index contributed by atoms with van der Waals surface area (Å²) in [5, 5.41) is 0. The first-order chi connectivity index (χ1) is 37.5. The first kappa shape index (κ1) is 54.4. The van der Waals surface area contributed by atoms with E-state index in [4.69, 9.17) is 19.9 Å². The number of rotatable bonds is 12. The van der Waals surface area contributed by atoms with Gasteiger partial charge in [0, 0.05) is 46.8 Å². The van der Waals surface area contributed by atoms with Crippen molar-refractivity contribution in [3.8, 4) is 90.1 Å². The summed E-state index contributed by atoms with van der Waals surface area (Å²) in [4.78, 5) is 19.9. The molecule has 0 atom stereocenters. The summed E-state index contributed by atoms with van der Waals surface area (Å²) in [6, 6.07) is 86.1. The zero-order valence-corrected chi connectivity index (χ0v) is 48.4. The standard InChI is InChI=1S/C38H32N2.C26H22Br2N2.C6H5Br/c1-27(2)25-28-13-15-33(16-14-28)36-26-37(34-21-17-31(18-22-34)29-9-5-3-6-10-29)40-38(39-36)35-23-19-32(20-24-35)30-11-7-4-8-12-30;1-17(2)15-18-3-5-19(6-4-18)24-16-25(20-7-11-22(27)12-8-20)30-26(29-24)21-9-13-23(28)14-10-21;7-6-4-2-1-3-5-6/h3-24,26-27H,25H2,1-2H3;3-14,16-17H,15H2,1-2H3;1-5H. The van der Waals surface area contributed by atoms with Crippen LogP contribution in [0.4, 0.5) is 0 Å². The summed E-state index contributed by atoms with van der Waals surface area (Å²) in [5.41, 5.74) is 17.5. The summed E-state index contributed by atoms with van der Waals surface area (Å²) in [6.07, 6.45) is 2.15. The van der Waals surface area contributed by atoms with Gasteiger partial charge in [-0.1, -0.05) is 276 Å². The van der Waals surface area contributed by atoms with Crippen LogP contribution < -0.4 is 0 Å². The molecule has 7 heteroatoms. The van der Waals surface area contributed by atoms with Crippen LogP contribution in [-0.4, -0.2) is 19.9 Å². The van der Waals surface area contributed by atoms with Crippen molar-refractivity contribution in [3.05, 3.63) is 273 Å². The zero-order valence-electron chi connectivity index (χ0n) is 43.7. The second-order valence-corrected chi connectivity index (χ2v) is 22.5. The molecule has 0 aliphatic carbocycles. The maximum Gasteiger partial charge on any atom is 0.160 e. The molecule has 4 nitrogen and oxygen atoms in total. The van der Waals surface area contributed by atoms with Crippen LogP contribution in [-0.2, 0) is 12.8 Å². The molecule has 0 aliphatic rings. The Hall–Kier alpha value is -7.42. The fourth-order valence-electron chi connectivity index (χ4n) is 8.85. The van der Waals surface area contributed by atoms with Gasteiger partial charge >= 0.3 is 0 Å². The van der Waals surface area contributed by atoms with Crippen molar-refractivity contribution >= 4 is 47.8 Å². The summed E-state index contributed by atoms with van der Waals surface area (Å²) in [6.45, 7) is 8.99. The maximum absolute atomic E-state index is 5.05. The van der Waals surface area contributed by atoms with Crippen molar-refractivity contribution in [1.29, 1.82) is 0 Å². The van der Waals surface area contributed by atoms with Crippen LogP contribution >= 0.6 is 47.8 Å². The summed E-state index contributed by atoms with van der Waals surface area (Å²) >= 11 is 10.3. The van der Waals surface area contributed by atoms with Crippen molar-refractivity contribution in [2.45, 2.75) is 40.5 Å². The third kappa shape index (κ3) is 15.4. The molecule has 77 heavy (non-hydrogen) atoms. The number of aromatic nitrogens is 4. The molecule has 0 saturated carbocycles. The largest absolute Gasteiger partial charge is 0.228 e. The fraction of sp³-hybridized carbons (Fsp3) is 0.114. The smallest absolute Gasteiger partial charge is 0.160 e. The molecule has 9 aromatic carbocycles. The van der Waals surface area contributed by atoms with E-state index in [1.54, 1.807) is 0 Å². The van der Waals surface area contributed by atoms with Crippen molar-refractivity contribution in [1.82, 2.24) is 19.9 Å². The third-order valence-corrected chi connectivity index (χ3v) is 14.3. The third-order valence-electron chi connectivity index (χ3n) is 12.8. The van der Waals surface area contributed by atoms with Crippen LogP contribution in [0.1, 0.15) is 38.8 Å². The monoisotopic (exact) mass is 1190 g/mol. The molecule has 11 aromatic rings. The van der Waals surface area contributed by atoms with E-state index in [0.29, 0.717) is 11.8 Å². The first-order valence-electron chi connectivity index (χ1n) is 26.0. The summed E-state index contributed by atoms with van der Waals surface area (Å²) in [7, 11) is 0. The Morgan fingerprint density at radius 1 is 0.260 bits per heavy atom. The normalized spacial score (nSPS) is 10.9. The number of benzene rings is 9. The summed E-state index contributed by atoms with van der Waals surface area (Å²) in [5.74, 6) is 2.72. The lowest BCUT2D eigenvalue weighted by atomic mass is 9.99. The highest BCUT2D eigenvalue weighted by atomic mass is 79.9. The highest BCUT2D eigenvalue weighted by Gasteiger charge is 2.14. The van der Waals surface area contributed by atoms with E-state index < -0.39 is 0 Å². The van der Waals surface area contributed by atoms with Crippen LogP contribution in [0.2, 0.25) is 0 Å². The Balaban J connectivity index is 0.000000172. The van der Waals surface area contributed by atoms with Gasteiger partial charge in [-0.2, -0.15) is 0 Å². The predicted molar refractivity (Wildman–Crippen MR) is 334 cm³/mol. The molecule has 11 rings (SSSR count). The number of halogens is 3. The number of nitrogens with zero attached hydrogens (tertiary/aromatic N) is 4. The van der Waals surface area contributed by atoms with E-state index in [-0.39, 0.29) is 0 Å². The topological polar surface area (TPSA) is 51.6 Å². The quantitative estimate of drug-likeness (QED) is 0.122. The lowest BCUT2D eigenvalue weighted by molar-refractivity contribution is 0.647. The highest BCUT2D eigenvalue weighted by molar-refractivity contribution is 9.11. The molecular weight excluding hydrogens is 1140 g/mol. The van der Waals surface area contributed by atoms with Crippen molar-refractivity contribution in [2.24, 2.45) is 11.8 Å². The van der Waals surface area contributed by atoms with Gasteiger partial charge in [-0.3, -0.25) is 0 Å². The van der Waals surface area contributed by atoms with E-state index in [1.165, 1.54) is 33.4 Å². The Kier molecular flexibility index (Phi) is 18.8. The van der Waals surface area contributed by atoms with Crippen LogP contribution in [0.5, 0.6) is 0 Å². The number of hydrogen-bond donors (Lipinski definition) is 0. The average molecular weight is 1200 g/mol. The Labute approximate surface area is 479 Å². The van der Waals surface area contributed by atoms with E-state index in [0.717, 1.165) is 94.1 Å². The van der Waals surface area contributed by atoms with Gasteiger partial charge in [0.25, 0.3) is 0 Å². The van der Waals surface area contributed by atoms with Crippen LogP contribution in [0.3, 0.4) is 0 Å². The molecule has 0 unspecified atom stereocenters. The van der Waals surface area contributed by atoms with Crippen molar-refractivity contribution in [2.75, 3.05) is 0 Å². The molecule has 0 N–H and O–H groups in total. The van der Waals surface area contributed by atoms with Crippen molar-refractivity contribution in [3.63, 3.8) is 0 Å². The fourth-order valence-corrected chi connectivity index (χ4v) is 9.68. The van der Waals surface area contributed by atoms with Crippen LogP contribution in [0.15, 0.2) is 262 Å². The second kappa shape index (κ2) is 26.6. The molecule has 0 spiro atoms. The van der Waals surface area contributed by atoms with Crippen LogP contribution in [0, 0.1) is 11.8 Å². The van der Waals surface area contributed by atoms with Gasteiger partial charge < -0.3 is 0 Å². The lowest BCUT2D eigenvalue weighted by Gasteiger charge is -2.11. The molecule has 0 fully saturated rings. The maximum atomic E-state index is 5.05. The van der Waals surface area contributed by atoms with E-state index in [1.807, 2.05) is 78.9 Å². The van der Waals surface area contributed by atoms with E-state index >= 15 is 0 Å². The van der Waals surface area contributed by atoms with E-state index in [9.17, 15) is 0 Å². The zero-order chi connectivity index (χ0) is 53.5. The average Bonchev–Trinajstić information content (AvgIpc) is 3.46. The molecule has 2 aromatic heterocycles. The molecule has 0 amide bonds. The molecule has 0 saturated heterocycles. The van der Waals surface area contributed by atoms with Gasteiger partial charge in [-0.15, -0.1) is 0 Å². The Morgan fingerprint density at radius 3 is 0.792 bits per heavy atom. The van der Waals surface area contributed by atoms with Gasteiger partial charge in [0.2, 0.25) is 0 Å². The number of hydrogen-bond acceptors (Lipinski definition) is 4. The molecule has 0 bridgehead atoms. The Morgan fingerprint density at radius 2 is 0.494 bits per heavy atom. The predicted octanol–water partition coefficient (Wildman–Crippen LogP) is 20.7. The highest BCUT2D eigenvalue weighted by Crippen LogP contribution is 2.33. The van der Waals surface area contributed by atoms with E-state index in [2.05, 4.69) is 245 Å². The first-order valence-corrected chi connectivity index (χ1v) is 28.4. The SMILES string of the molecule is Brc1ccccc1.CC(C)Cc1ccc(-c2cc(-c3ccc(-c4ccccc4)cc3)nc(-c3ccc(-c4ccccc4)cc3)n2)cc1.CC(C)Cc1ccc(-c2cc(-c3ccc(Br)cc3)nc(-c3ccc(Br)cc3)n2)cc1. The summed E-state index contributed by atoms with van der Waals surface area (Å²) < 4.78 is 3.22. The molecular formula is C70H59Br3N4. The van der Waals surface area contributed by atoms with Gasteiger partial charge in [0.1, 0.15) is 0 Å². The minimum absolute atomic E-state index is 0.626. The van der Waals surface area contributed by atoms with Gasteiger partial charge in [-0.25, -0.2) is 19.9 Å². The van der Waals surface area contributed by atoms with Gasteiger partial charge in [-0.05, 0) is 107 Å². The molecule has 0 aliphatic heterocycles. The second-order valence-electron chi connectivity index (χ2n) is 19.7. The molecule has 0 radical (unpaired) electrons. The van der Waals surface area contributed by atoms with Crippen molar-refractivity contribution < 1.29 is 0 Å². The van der Waals surface area contributed by atoms with Crippen LogP contribution in [0.25, 0.3) is 90.1 Å². The van der Waals surface area contributed by atoms with Gasteiger partial charge in [0.15, 0.2) is 11.6 Å². The van der Waals surface area contributed by atoms with Gasteiger partial charge in [0.05, 0.1) is 22.8 Å². The lowest BCUT2D eigenvalue weighted by Crippen LogP contribution is -1.97. The minimum atomic E-state index is 0.626. The Bertz CT molecular complexity index is 3420. The molecule has 380 valence electrons. The molecule has 2 heterocycles.